The molecule has 3 nitrogen and oxygen atoms in total. The summed E-state index contributed by atoms with van der Waals surface area (Å²) >= 11 is 0. The summed E-state index contributed by atoms with van der Waals surface area (Å²) in [6.45, 7) is 1.84. The van der Waals surface area contributed by atoms with Crippen molar-refractivity contribution in [3.8, 4) is 0 Å². The molecule has 3 aromatic carbocycles. The lowest BCUT2D eigenvalue weighted by Crippen LogP contribution is -2.40. The first kappa shape index (κ1) is 18.5. The summed E-state index contributed by atoms with van der Waals surface area (Å²) in [5, 5.41) is 3.06. The van der Waals surface area contributed by atoms with Crippen molar-refractivity contribution in [3.63, 3.8) is 0 Å². The van der Waals surface area contributed by atoms with Crippen LogP contribution in [0.4, 0.5) is 5.69 Å². The molecule has 1 saturated heterocycles. The van der Waals surface area contributed by atoms with Gasteiger partial charge < -0.3 is 5.32 Å². The number of hydrogen-bond donors (Lipinski definition) is 1. The molecule has 3 aromatic rings. The van der Waals surface area contributed by atoms with Crippen molar-refractivity contribution in [2.75, 3.05) is 18.4 Å². The van der Waals surface area contributed by atoms with Gasteiger partial charge in [-0.1, -0.05) is 78.9 Å². The number of para-hydroxylation sites is 1. The van der Waals surface area contributed by atoms with Crippen LogP contribution < -0.4 is 5.32 Å². The van der Waals surface area contributed by atoms with Crippen LogP contribution in [0.5, 0.6) is 0 Å². The Kier molecular flexibility index (Phi) is 5.83. The van der Waals surface area contributed by atoms with Crippen LogP contribution in [-0.2, 0) is 4.79 Å². The van der Waals surface area contributed by atoms with Crippen LogP contribution >= 0.6 is 0 Å². The molecule has 142 valence electrons. The Morgan fingerprint density at radius 3 is 1.71 bits per heavy atom. The largest absolute Gasteiger partial charge is 0.326 e. The van der Waals surface area contributed by atoms with E-state index in [1.165, 1.54) is 11.1 Å². The highest BCUT2D eigenvalue weighted by molar-refractivity contribution is 5.92. The van der Waals surface area contributed by atoms with Crippen LogP contribution in [0, 0.1) is 5.92 Å². The van der Waals surface area contributed by atoms with Gasteiger partial charge in [0.1, 0.15) is 0 Å². The lowest BCUT2D eigenvalue weighted by molar-refractivity contribution is -0.121. The molecular formula is C25H26N2O. The average Bonchev–Trinajstić information content (AvgIpc) is 2.77. The molecule has 0 unspecified atom stereocenters. The highest BCUT2D eigenvalue weighted by Crippen LogP contribution is 2.32. The molecule has 0 bridgehead atoms. The number of piperidine rings is 1. The summed E-state index contributed by atoms with van der Waals surface area (Å²) in [6, 6.07) is 31.3. The number of carbonyl (C=O) groups is 1. The number of hydrogen-bond acceptors (Lipinski definition) is 2. The van der Waals surface area contributed by atoms with E-state index in [0.717, 1.165) is 31.6 Å². The lowest BCUT2D eigenvalue weighted by Gasteiger charge is -2.37. The molecule has 1 aliphatic heterocycles. The van der Waals surface area contributed by atoms with Crippen molar-refractivity contribution in [2.24, 2.45) is 5.92 Å². The number of benzene rings is 3. The fourth-order valence-corrected chi connectivity index (χ4v) is 4.07. The van der Waals surface area contributed by atoms with E-state index in [2.05, 4.69) is 70.9 Å². The molecule has 4 rings (SSSR count). The van der Waals surface area contributed by atoms with Gasteiger partial charge in [-0.15, -0.1) is 0 Å². The van der Waals surface area contributed by atoms with E-state index in [0.29, 0.717) is 0 Å². The lowest BCUT2D eigenvalue weighted by atomic mass is 9.91. The average molecular weight is 370 g/mol. The van der Waals surface area contributed by atoms with E-state index in [1.54, 1.807) is 0 Å². The fourth-order valence-electron chi connectivity index (χ4n) is 4.07. The van der Waals surface area contributed by atoms with Gasteiger partial charge in [0, 0.05) is 11.6 Å². The van der Waals surface area contributed by atoms with Gasteiger partial charge in [-0.3, -0.25) is 9.69 Å². The minimum Gasteiger partial charge on any atom is -0.326 e. The first-order valence-electron chi connectivity index (χ1n) is 10.0. The van der Waals surface area contributed by atoms with E-state index in [1.807, 2.05) is 30.3 Å². The van der Waals surface area contributed by atoms with Crippen LogP contribution in [0.15, 0.2) is 91.0 Å². The zero-order valence-electron chi connectivity index (χ0n) is 16.0. The molecule has 1 amide bonds. The van der Waals surface area contributed by atoms with E-state index in [4.69, 9.17) is 0 Å². The minimum absolute atomic E-state index is 0.0728. The Balaban J connectivity index is 1.45. The Bertz CT molecular complexity index is 833. The van der Waals surface area contributed by atoms with Crippen LogP contribution in [0.2, 0.25) is 0 Å². The van der Waals surface area contributed by atoms with E-state index in [9.17, 15) is 4.79 Å². The molecule has 0 aromatic heterocycles. The second-order valence-electron chi connectivity index (χ2n) is 7.39. The fraction of sp³-hybridized carbons (Fsp3) is 0.240. The quantitative estimate of drug-likeness (QED) is 0.675. The summed E-state index contributed by atoms with van der Waals surface area (Å²) in [6.07, 6.45) is 1.77. The van der Waals surface area contributed by atoms with Crippen LogP contribution in [-0.4, -0.2) is 23.9 Å². The molecule has 0 saturated carbocycles. The third kappa shape index (κ3) is 4.32. The van der Waals surface area contributed by atoms with Gasteiger partial charge in [-0.05, 0) is 49.2 Å². The van der Waals surface area contributed by atoms with Gasteiger partial charge in [0.2, 0.25) is 5.91 Å². The molecule has 28 heavy (non-hydrogen) atoms. The summed E-state index contributed by atoms with van der Waals surface area (Å²) in [5.41, 5.74) is 3.49. The number of rotatable bonds is 5. The predicted molar refractivity (Wildman–Crippen MR) is 114 cm³/mol. The monoisotopic (exact) mass is 370 g/mol. The van der Waals surface area contributed by atoms with Crippen molar-refractivity contribution < 1.29 is 4.79 Å². The molecule has 3 heteroatoms. The molecule has 1 N–H and O–H groups in total. The molecule has 0 radical (unpaired) electrons. The topological polar surface area (TPSA) is 32.3 Å². The second kappa shape index (κ2) is 8.85. The smallest absolute Gasteiger partial charge is 0.227 e. The summed E-state index contributed by atoms with van der Waals surface area (Å²) in [7, 11) is 0. The Hall–Kier alpha value is -2.91. The van der Waals surface area contributed by atoms with Crippen molar-refractivity contribution in [1.29, 1.82) is 0 Å². The normalized spacial score (nSPS) is 15.5. The Labute approximate surface area is 167 Å². The van der Waals surface area contributed by atoms with E-state index in [-0.39, 0.29) is 17.9 Å². The van der Waals surface area contributed by atoms with E-state index >= 15 is 0 Å². The Morgan fingerprint density at radius 1 is 0.750 bits per heavy atom. The first-order chi connectivity index (χ1) is 13.8. The first-order valence-corrected chi connectivity index (χ1v) is 10.0. The maximum atomic E-state index is 12.7. The third-order valence-corrected chi connectivity index (χ3v) is 5.54. The van der Waals surface area contributed by atoms with Gasteiger partial charge in [-0.2, -0.15) is 0 Å². The van der Waals surface area contributed by atoms with Gasteiger partial charge in [-0.25, -0.2) is 0 Å². The molecule has 1 fully saturated rings. The van der Waals surface area contributed by atoms with Gasteiger partial charge >= 0.3 is 0 Å². The number of nitrogens with one attached hydrogen (secondary N) is 1. The molecule has 1 aliphatic rings. The number of likely N-dealkylation sites (tertiary alicyclic amines) is 1. The summed E-state index contributed by atoms with van der Waals surface area (Å²) in [5.74, 6) is 0.213. The molecular weight excluding hydrogens is 344 g/mol. The number of nitrogens with zero attached hydrogens (tertiary/aromatic N) is 1. The molecule has 0 aliphatic carbocycles. The zero-order chi connectivity index (χ0) is 19.2. The van der Waals surface area contributed by atoms with Crippen LogP contribution in [0.1, 0.15) is 30.0 Å². The second-order valence-corrected chi connectivity index (χ2v) is 7.39. The number of amides is 1. The zero-order valence-corrected chi connectivity index (χ0v) is 16.0. The van der Waals surface area contributed by atoms with Crippen molar-refractivity contribution >= 4 is 11.6 Å². The van der Waals surface area contributed by atoms with Gasteiger partial charge in [0.05, 0.1) is 6.04 Å². The maximum Gasteiger partial charge on any atom is 0.227 e. The standard InChI is InChI=1S/C25H26N2O/c28-25(26-23-14-8-3-9-15-23)22-16-18-27(19-17-22)24(20-10-4-1-5-11-20)21-12-6-2-7-13-21/h1-15,22,24H,16-19H2,(H,26,28). The molecule has 1 heterocycles. The minimum atomic E-state index is 0.0728. The summed E-state index contributed by atoms with van der Waals surface area (Å²) < 4.78 is 0. The van der Waals surface area contributed by atoms with Crippen molar-refractivity contribution in [2.45, 2.75) is 18.9 Å². The summed E-state index contributed by atoms with van der Waals surface area (Å²) in [4.78, 5) is 15.2. The van der Waals surface area contributed by atoms with E-state index < -0.39 is 0 Å². The molecule has 0 spiro atoms. The Morgan fingerprint density at radius 2 is 1.21 bits per heavy atom. The van der Waals surface area contributed by atoms with Crippen LogP contribution in [0.25, 0.3) is 0 Å². The van der Waals surface area contributed by atoms with Gasteiger partial charge in [0.15, 0.2) is 0 Å². The number of carbonyl (C=O) groups excluding carboxylic acids is 1. The van der Waals surface area contributed by atoms with Gasteiger partial charge in [0.25, 0.3) is 0 Å². The third-order valence-electron chi connectivity index (χ3n) is 5.54. The maximum absolute atomic E-state index is 12.7. The highest BCUT2D eigenvalue weighted by Gasteiger charge is 2.30. The van der Waals surface area contributed by atoms with Crippen LogP contribution in [0.3, 0.4) is 0 Å². The highest BCUT2D eigenvalue weighted by atomic mass is 16.1. The molecule has 0 atom stereocenters. The SMILES string of the molecule is O=C(Nc1ccccc1)C1CCN(C(c2ccccc2)c2ccccc2)CC1. The predicted octanol–water partition coefficient (Wildman–Crippen LogP) is 5.13. The number of anilines is 1. The van der Waals surface area contributed by atoms with Crippen molar-refractivity contribution in [3.05, 3.63) is 102 Å². The van der Waals surface area contributed by atoms with Crippen molar-refractivity contribution in [1.82, 2.24) is 4.90 Å².